The number of carbonyl (C=O) groups is 1. The van der Waals surface area contributed by atoms with Crippen LogP contribution in [0.2, 0.25) is 0 Å². The molecule has 0 bridgehead atoms. The summed E-state index contributed by atoms with van der Waals surface area (Å²) in [6, 6.07) is 7.83. The number of benzene rings is 1. The highest BCUT2D eigenvalue weighted by Crippen LogP contribution is 2.31. The minimum atomic E-state index is 0.502. The van der Waals surface area contributed by atoms with E-state index in [-0.39, 0.29) is 0 Å². The van der Waals surface area contributed by atoms with Gasteiger partial charge in [-0.1, -0.05) is 12.1 Å². The predicted molar refractivity (Wildman–Crippen MR) is 86.3 cm³/mol. The Kier molecular flexibility index (Phi) is 5.47. The van der Waals surface area contributed by atoms with Crippen molar-refractivity contribution in [2.75, 3.05) is 27.2 Å². The van der Waals surface area contributed by atoms with E-state index in [1.165, 1.54) is 11.3 Å². The van der Waals surface area contributed by atoms with Gasteiger partial charge in [0.2, 0.25) is 0 Å². The Balaban J connectivity index is 2.08. The van der Waals surface area contributed by atoms with Crippen molar-refractivity contribution in [1.82, 2.24) is 9.88 Å². The third kappa shape index (κ3) is 4.37. The minimum absolute atomic E-state index is 0.502. The number of carbonyl (C=O) groups excluding carboxylic acids is 1. The highest BCUT2D eigenvalue weighted by molar-refractivity contribution is 7.15. The summed E-state index contributed by atoms with van der Waals surface area (Å²) in [4.78, 5) is 18.4. The van der Waals surface area contributed by atoms with Crippen LogP contribution >= 0.6 is 11.3 Å². The number of rotatable bonds is 7. The molecule has 2 aromatic rings. The molecule has 0 saturated heterocycles. The van der Waals surface area contributed by atoms with Gasteiger partial charge in [-0.2, -0.15) is 0 Å². The fourth-order valence-electron chi connectivity index (χ4n) is 2.03. The van der Waals surface area contributed by atoms with Crippen molar-refractivity contribution < 1.29 is 9.53 Å². The van der Waals surface area contributed by atoms with Crippen molar-refractivity contribution in [3.8, 4) is 16.2 Å². The van der Waals surface area contributed by atoms with Crippen LogP contribution < -0.4 is 4.74 Å². The highest BCUT2D eigenvalue weighted by atomic mass is 32.1. The molecule has 0 atom stereocenters. The number of nitrogens with zero attached hydrogens (tertiary/aromatic N) is 2. The quantitative estimate of drug-likeness (QED) is 0.581. The fourth-order valence-corrected chi connectivity index (χ4v) is 2.91. The monoisotopic (exact) mass is 304 g/mol. The van der Waals surface area contributed by atoms with E-state index in [9.17, 15) is 4.79 Å². The predicted octanol–water partition coefficient (Wildman–Crippen LogP) is 3.26. The van der Waals surface area contributed by atoms with Gasteiger partial charge < -0.3 is 9.64 Å². The molecule has 5 heteroatoms. The first-order valence-electron chi connectivity index (χ1n) is 6.90. The summed E-state index contributed by atoms with van der Waals surface area (Å²) < 4.78 is 5.77. The minimum Gasteiger partial charge on any atom is -0.494 e. The zero-order valence-electron chi connectivity index (χ0n) is 12.6. The molecule has 1 heterocycles. The van der Waals surface area contributed by atoms with Gasteiger partial charge in [0, 0.05) is 6.54 Å². The van der Waals surface area contributed by atoms with Crippen LogP contribution in [0.3, 0.4) is 0 Å². The Morgan fingerprint density at radius 3 is 2.90 bits per heavy atom. The van der Waals surface area contributed by atoms with Crippen LogP contribution in [-0.4, -0.2) is 43.4 Å². The summed E-state index contributed by atoms with van der Waals surface area (Å²) in [6.07, 6.45) is 1.79. The molecule has 0 spiro atoms. The van der Waals surface area contributed by atoms with E-state index >= 15 is 0 Å². The molecule has 1 aromatic heterocycles. The van der Waals surface area contributed by atoms with Crippen LogP contribution in [-0.2, 0) is 0 Å². The summed E-state index contributed by atoms with van der Waals surface area (Å²) >= 11 is 1.53. The molecule has 0 aliphatic rings. The molecular weight excluding hydrogens is 284 g/mol. The molecule has 2 rings (SSSR count). The second-order valence-corrected chi connectivity index (χ2v) is 6.30. The van der Waals surface area contributed by atoms with Gasteiger partial charge in [-0.3, -0.25) is 4.79 Å². The van der Waals surface area contributed by atoms with Gasteiger partial charge in [-0.15, -0.1) is 11.3 Å². The maximum Gasteiger partial charge on any atom is 0.169 e. The van der Waals surface area contributed by atoms with Gasteiger partial charge in [0.05, 0.1) is 16.5 Å². The zero-order valence-corrected chi connectivity index (χ0v) is 13.4. The molecule has 0 amide bonds. The fraction of sp³-hybridized carbons (Fsp3) is 0.375. The van der Waals surface area contributed by atoms with E-state index < -0.39 is 0 Å². The SMILES string of the molecule is Cc1nc(C=O)c(-c2cccc(OCCCN(C)C)c2)s1. The second kappa shape index (κ2) is 7.33. The lowest BCUT2D eigenvalue weighted by atomic mass is 10.1. The van der Waals surface area contributed by atoms with Crippen molar-refractivity contribution in [3.63, 3.8) is 0 Å². The molecule has 21 heavy (non-hydrogen) atoms. The van der Waals surface area contributed by atoms with Crippen molar-refractivity contribution >= 4 is 17.6 Å². The van der Waals surface area contributed by atoms with Crippen molar-refractivity contribution in [2.24, 2.45) is 0 Å². The van der Waals surface area contributed by atoms with Crippen LogP contribution in [0.1, 0.15) is 21.9 Å². The maximum atomic E-state index is 11.1. The number of hydrogen-bond acceptors (Lipinski definition) is 5. The molecule has 0 unspecified atom stereocenters. The Morgan fingerprint density at radius 2 is 2.19 bits per heavy atom. The number of hydrogen-bond donors (Lipinski definition) is 0. The molecule has 0 N–H and O–H groups in total. The number of aromatic nitrogens is 1. The van der Waals surface area contributed by atoms with E-state index in [0.29, 0.717) is 12.3 Å². The topological polar surface area (TPSA) is 42.4 Å². The lowest BCUT2D eigenvalue weighted by Crippen LogP contribution is -2.15. The standard InChI is InChI=1S/C16H20N2O2S/c1-12-17-15(11-19)16(21-12)13-6-4-7-14(10-13)20-9-5-8-18(2)3/h4,6-7,10-11H,5,8-9H2,1-3H3. The number of aryl methyl sites for hydroxylation is 1. The van der Waals surface area contributed by atoms with Gasteiger partial charge in [0.15, 0.2) is 6.29 Å². The van der Waals surface area contributed by atoms with Gasteiger partial charge >= 0.3 is 0 Å². The first-order chi connectivity index (χ1) is 10.1. The largest absolute Gasteiger partial charge is 0.494 e. The maximum absolute atomic E-state index is 11.1. The lowest BCUT2D eigenvalue weighted by molar-refractivity contribution is 0.112. The van der Waals surface area contributed by atoms with E-state index in [1.807, 2.05) is 45.3 Å². The first-order valence-corrected chi connectivity index (χ1v) is 7.72. The molecule has 112 valence electrons. The van der Waals surface area contributed by atoms with E-state index in [4.69, 9.17) is 4.74 Å². The smallest absolute Gasteiger partial charge is 0.169 e. The Hall–Kier alpha value is -1.72. The average Bonchev–Trinajstić information content (AvgIpc) is 2.85. The summed E-state index contributed by atoms with van der Waals surface area (Å²) in [5.74, 6) is 0.828. The van der Waals surface area contributed by atoms with E-state index in [1.54, 1.807) is 0 Å². The van der Waals surface area contributed by atoms with Crippen molar-refractivity contribution in [3.05, 3.63) is 35.0 Å². The summed E-state index contributed by atoms with van der Waals surface area (Å²) in [5, 5.41) is 0.893. The summed E-state index contributed by atoms with van der Waals surface area (Å²) in [5.41, 5.74) is 1.48. The third-order valence-electron chi connectivity index (χ3n) is 2.99. The van der Waals surface area contributed by atoms with Gasteiger partial charge in [-0.05, 0) is 45.1 Å². The second-order valence-electron chi connectivity index (χ2n) is 5.10. The normalized spacial score (nSPS) is 10.9. The van der Waals surface area contributed by atoms with Gasteiger partial charge in [0.25, 0.3) is 0 Å². The van der Waals surface area contributed by atoms with Crippen molar-refractivity contribution in [2.45, 2.75) is 13.3 Å². The average molecular weight is 304 g/mol. The van der Waals surface area contributed by atoms with Gasteiger partial charge in [0.1, 0.15) is 11.4 Å². The third-order valence-corrected chi connectivity index (χ3v) is 4.02. The number of thiazole rings is 1. The molecule has 4 nitrogen and oxygen atoms in total. The summed E-state index contributed by atoms with van der Waals surface area (Å²) in [6.45, 7) is 3.59. The zero-order chi connectivity index (χ0) is 15.2. The Labute approximate surface area is 129 Å². The van der Waals surface area contributed by atoms with Crippen LogP contribution in [0.4, 0.5) is 0 Å². The van der Waals surface area contributed by atoms with Crippen LogP contribution in [0.15, 0.2) is 24.3 Å². The number of ether oxygens (including phenoxy) is 1. The molecule has 0 aliphatic heterocycles. The van der Waals surface area contributed by atoms with Crippen LogP contribution in [0, 0.1) is 6.92 Å². The Morgan fingerprint density at radius 1 is 1.38 bits per heavy atom. The lowest BCUT2D eigenvalue weighted by Gasteiger charge is -2.11. The van der Waals surface area contributed by atoms with E-state index in [0.717, 1.165) is 40.4 Å². The summed E-state index contributed by atoms with van der Waals surface area (Å²) in [7, 11) is 4.10. The van der Waals surface area contributed by atoms with Crippen LogP contribution in [0.5, 0.6) is 5.75 Å². The van der Waals surface area contributed by atoms with Crippen molar-refractivity contribution in [1.29, 1.82) is 0 Å². The highest BCUT2D eigenvalue weighted by Gasteiger charge is 2.11. The molecular formula is C16H20N2O2S. The molecule has 0 aliphatic carbocycles. The van der Waals surface area contributed by atoms with Gasteiger partial charge in [-0.25, -0.2) is 4.98 Å². The number of aldehydes is 1. The Bertz CT molecular complexity index is 608. The molecule has 0 radical (unpaired) electrons. The molecule has 0 saturated carbocycles. The molecule has 0 fully saturated rings. The molecule has 1 aromatic carbocycles. The van der Waals surface area contributed by atoms with E-state index in [2.05, 4.69) is 9.88 Å². The van der Waals surface area contributed by atoms with Crippen LogP contribution in [0.25, 0.3) is 10.4 Å². The first kappa shape index (κ1) is 15.7.